The highest BCUT2D eigenvalue weighted by Gasteiger charge is 2.26. The van der Waals surface area contributed by atoms with Gasteiger partial charge in [0, 0.05) is 48.5 Å². The van der Waals surface area contributed by atoms with Gasteiger partial charge in [0.05, 0.1) is 19.2 Å². The van der Waals surface area contributed by atoms with E-state index < -0.39 is 29.1 Å². The number of benzene rings is 3. The van der Waals surface area contributed by atoms with Gasteiger partial charge in [-0.3, -0.25) is 9.59 Å². The molecule has 2 unspecified atom stereocenters. The molecule has 48 heavy (non-hydrogen) atoms. The van der Waals surface area contributed by atoms with Crippen LogP contribution in [0.15, 0.2) is 66.7 Å². The van der Waals surface area contributed by atoms with Crippen molar-refractivity contribution in [3.05, 3.63) is 76.8 Å². The standard InChI is InChI=1S/C33H38N4O10S/c1-22(38)35-27(21-48-31(39)15-8-17-46-37(41)42)33(40)47-23(19-34-16-18-44-29-13-6-5-12-28(29)43-2)20-45-30-14-7-11-26-32(30)24-9-3-4-10-25(24)36-26/h3-7,9-14,23,27,34,36H,8,15-21H2,1-2H3,(H,35,38). The van der Waals surface area contributed by atoms with Gasteiger partial charge in [0.1, 0.15) is 31.1 Å². The molecule has 0 spiro atoms. The molecule has 2 atom stereocenters. The molecule has 3 aromatic carbocycles. The van der Waals surface area contributed by atoms with Crippen molar-refractivity contribution in [2.24, 2.45) is 0 Å². The van der Waals surface area contributed by atoms with Crippen LogP contribution in [0.4, 0.5) is 0 Å². The second kappa shape index (κ2) is 18.4. The van der Waals surface area contributed by atoms with Crippen molar-refractivity contribution in [3.8, 4) is 17.2 Å². The molecule has 4 aromatic rings. The highest BCUT2D eigenvalue weighted by molar-refractivity contribution is 8.13. The molecule has 0 radical (unpaired) electrons. The summed E-state index contributed by atoms with van der Waals surface area (Å²) in [6.45, 7) is 1.93. The zero-order valence-corrected chi connectivity index (χ0v) is 27.4. The number of para-hydroxylation sites is 3. The zero-order chi connectivity index (χ0) is 34.3. The number of rotatable bonds is 20. The Morgan fingerprint density at radius 3 is 2.44 bits per heavy atom. The Bertz CT molecular complexity index is 1700. The minimum Gasteiger partial charge on any atom is -0.493 e. The molecule has 0 saturated carbocycles. The van der Waals surface area contributed by atoms with E-state index in [1.807, 2.05) is 54.6 Å². The summed E-state index contributed by atoms with van der Waals surface area (Å²) < 4.78 is 23.2. The minimum absolute atomic E-state index is 0.00294. The molecule has 0 bridgehead atoms. The number of thioether (sulfide) groups is 1. The Balaban J connectivity index is 1.41. The lowest BCUT2D eigenvalue weighted by Gasteiger charge is -2.23. The third kappa shape index (κ3) is 10.8. The van der Waals surface area contributed by atoms with E-state index in [4.69, 9.17) is 18.9 Å². The average molecular weight is 683 g/mol. The minimum atomic E-state index is -1.13. The van der Waals surface area contributed by atoms with Crippen molar-refractivity contribution in [2.75, 3.05) is 45.8 Å². The molecule has 0 saturated heterocycles. The van der Waals surface area contributed by atoms with Crippen molar-refractivity contribution in [1.29, 1.82) is 0 Å². The third-order valence-electron chi connectivity index (χ3n) is 6.97. The fourth-order valence-corrected chi connectivity index (χ4v) is 5.67. The summed E-state index contributed by atoms with van der Waals surface area (Å²) in [5, 5.41) is 16.7. The van der Waals surface area contributed by atoms with Crippen molar-refractivity contribution in [2.45, 2.75) is 31.9 Å². The van der Waals surface area contributed by atoms with Crippen molar-refractivity contribution >= 4 is 50.6 Å². The summed E-state index contributed by atoms with van der Waals surface area (Å²) in [5.41, 5.74) is 1.85. The van der Waals surface area contributed by atoms with E-state index in [-0.39, 0.29) is 43.5 Å². The van der Waals surface area contributed by atoms with E-state index >= 15 is 0 Å². The van der Waals surface area contributed by atoms with Crippen molar-refractivity contribution < 1.29 is 43.3 Å². The van der Waals surface area contributed by atoms with Gasteiger partial charge in [0.2, 0.25) is 5.91 Å². The lowest BCUT2D eigenvalue weighted by atomic mass is 10.1. The molecule has 0 aliphatic rings. The molecule has 3 N–H and O–H groups in total. The lowest BCUT2D eigenvalue weighted by molar-refractivity contribution is -0.757. The third-order valence-corrected chi connectivity index (χ3v) is 8.00. The number of hydrogen-bond donors (Lipinski definition) is 3. The summed E-state index contributed by atoms with van der Waals surface area (Å²) in [6, 6.07) is 19.7. The zero-order valence-electron chi connectivity index (χ0n) is 26.6. The number of nitrogens with one attached hydrogen (secondary N) is 3. The SMILES string of the molecule is COc1ccccc1OCCNCC(COc1cccc2[nH]c3ccccc3c12)OC(=O)C(CSC(=O)CCCO[N+](=O)[O-])NC(C)=O. The van der Waals surface area contributed by atoms with Crippen molar-refractivity contribution in [1.82, 2.24) is 15.6 Å². The van der Waals surface area contributed by atoms with Crippen LogP contribution in [0.1, 0.15) is 19.8 Å². The first-order valence-corrected chi connectivity index (χ1v) is 16.2. The van der Waals surface area contributed by atoms with Gasteiger partial charge in [-0.1, -0.05) is 48.2 Å². The lowest BCUT2D eigenvalue weighted by Crippen LogP contribution is -2.46. The number of hydrogen-bond acceptors (Lipinski definition) is 12. The molecule has 14 nitrogen and oxygen atoms in total. The number of nitrogens with zero attached hydrogens (tertiary/aromatic N) is 1. The van der Waals surface area contributed by atoms with Crippen LogP contribution in [0.3, 0.4) is 0 Å². The first-order chi connectivity index (χ1) is 23.2. The highest BCUT2D eigenvalue weighted by Crippen LogP contribution is 2.33. The number of fused-ring (bicyclic) bond motifs is 3. The maximum Gasteiger partial charge on any atom is 0.329 e. The van der Waals surface area contributed by atoms with Gasteiger partial charge >= 0.3 is 5.97 Å². The quantitative estimate of drug-likeness (QED) is 0.0528. The molecule has 0 aliphatic carbocycles. The maximum absolute atomic E-state index is 13.4. The number of carbonyl (C=O) groups excluding carboxylic acids is 3. The van der Waals surface area contributed by atoms with Crippen LogP contribution in [0.25, 0.3) is 21.8 Å². The number of ether oxygens (including phenoxy) is 4. The summed E-state index contributed by atoms with van der Waals surface area (Å²) in [6.07, 6.45) is -0.658. The Labute approximate surface area is 280 Å². The first-order valence-electron chi connectivity index (χ1n) is 15.2. The smallest absolute Gasteiger partial charge is 0.329 e. The molecule has 0 fully saturated rings. The fraction of sp³-hybridized carbons (Fsp3) is 0.364. The fourth-order valence-electron chi connectivity index (χ4n) is 4.80. The topological polar surface area (TPSA) is 180 Å². The Kier molecular flexibility index (Phi) is 13.7. The van der Waals surface area contributed by atoms with Gasteiger partial charge in [0.15, 0.2) is 16.6 Å². The van der Waals surface area contributed by atoms with Crippen LogP contribution in [0.2, 0.25) is 0 Å². The van der Waals surface area contributed by atoms with E-state index in [0.717, 1.165) is 33.6 Å². The first kappa shape index (κ1) is 35.8. The van der Waals surface area contributed by atoms with Gasteiger partial charge in [-0.05, 0) is 36.8 Å². The van der Waals surface area contributed by atoms with Crippen LogP contribution >= 0.6 is 11.8 Å². The summed E-state index contributed by atoms with van der Waals surface area (Å²) in [4.78, 5) is 55.5. The monoisotopic (exact) mass is 682 g/mol. The van der Waals surface area contributed by atoms with E-state index in [2.05, 4.69) is 20.5 Å². The predicted octanol–water partition coefficient (Wildman–Crippen LogP) is 4.04. The average Bonchev–Trinajstić information content (AvgIpc) is 3.46. The van der Waals surface area contributed by atoms with E-state index in [0.29, 0.717) is 30.4 Å². The number of H-pyrrole nitrogens is 1. The largest absolute Gasteiger partial charge is 0.493 e. The van der Waals surface area contributed by atoms with Gasteiger partial charge in [0.25, 0.3) is 5.09 Å². The Morgan fingerprint density at radius 1 is 0.938 bits per heavy atom. The van der Waals surface area contributed by atoms with E-state index in [9.17, 15) is 24.5 Å². The predicted molar refractivity (Wildman–Crippen MR) is 180 cm³/mol. The number of esters is 1. The van der Waals surface area contributed by atoms with Gasteiger partial charge in [-0.2, -0.15) is 0 Å². The number of amides is 1. The van der Waals surface area contributed by atoms with Crippen LogP contribution in [0, 0.1) is 10.1 Å². The molecule has 0 aliphatic heterocycles. The number of aromatic nitrogens is 1. The van der Waals surface area contributed by atoms with Crippen molar-refractivity contribution in [3.63, 3.8) is 0 Å². The molecule has 4 rings (SSSR count). The molecule has 1 amide bonds. The Hall–Kier alpha value is -5.02. The maximum atomic E-state index is 13.4. The van der Waals surface area contributed by atoms with Crippen LogP contribution in [0.5, 0.6) is 17.2 Å². The highest BCUT2D eigenvalue weighted by atomic mass is 32.2. The van der Waals surface area contributed by atoms with E-state index in [1.54, 1.807) is 19.2 Å². The molecule has 15 heteroatoms. The van der Waals surface area contributed by atoms with Crippen LogP contribution in [-0.2, 0) is 24.0 Å². The number of carbonyl (C=O) groups is 3. The second-order valence-corrected chi connectivity index (χ2v) is 11.6. The van der Waals surface area contributed by atoms with Crippen LogP contribution in [-0.4, -0.2) is 85.0 Å². The van der Waals surface area contributed by atoms with Gasteiger partial charge in [-0.15, -0.1) is 10.1 Å². The van der Waals surface area contributed by atoms with Crippen LogP contribution < -0.4 is 24.8 Å². The number of methoxy groups -OCH3 is 1. The van der Waals surface area contributed by atoms with Gasteiger partial charge in [-0.25, -0.2) is 4.79 Å². The summed E-state index contributed by atoms with van der Waals surface area (Å²) in [7, 11) is 1.56. The normalized spacial score (nSPS) is 12.2. The summed E-state index contributed by atoms with van der Waals surface area (Å²) >= 11 is 0.823. The summed E-state index contributed by atoms with van der Waals surface area (Å²) in [5.74, 6) is 0.495. The molecular formula is C33H38N4O10S. The Morgan fingerprint density at radius 2 is 1.67 bits per heavy atom. The van der Waals surface area contributed by atoms with Gasteiger partial charge < -0.3 is 39.4 Å². The molecular weight excluding hydrogens is 644 g/mol. The molecule has 1 heterocycles. The number of aromatic amines is 1. The molecule has 1 aromatic heterocycles. The molecule has 256 valence electrons. The van der Waals surface area contributed by atoms with E-state index in [1.165, 1.54) is 6.92 Å². The second-order valence-electron chi connectivity index (χ2n) is 10.5.